The topological polar surface area (TPSA) is 113 Å². The van der Waals surface area contributed by atoms with E-state index in [2.05, 4.69) is 5.32 Å². The van der Waals surface area contributed by atoms with Gasteiger partial charge in [-0.25, -0.2) is 9.59 Å². The highest BCUT2D eigenvalue weighted by atomic mass is 35.5. The summed E-state index contributed by atoms with van der Waals surface area (Å²) in [5.74, 6) is -0.528. The zero-order chi connectivity index (χ0) is 15.6. The predicted molar refractivity (Wildman–Crippen MR) is 77.7 cm³/mol. The van der Waals surface area contributed by atoms with E-state index < -0.39 is 23.0 Å². The van der Waals surface area contributed by atoms with Gasteiger partial charge in [-0.15, -0.1) is 11.8 Å². The van der Waals surface area contributed by atoms with Crippen molar-refractivity contribution in [1.29, 1.82) is 0 Å². The zero-order valence-corrected chi connectivity index (χ0v) is 12.1. The van der Waals surface area contributed by atoms with Crippen LogP contribution in [0, 0.1) is 10.1 Å². The highest BCUT2D eigenvalue weighted by Crippen LogP contribution is 2.28. The van der Waals surface area contributed by atoms with E-state index in [0.29, 0.717) is 5.75 Å². The molecule has 1 saturated heterocycles. The fourth-order valence-corrected chi connectivity index (χ4v) is 3.10. The van der Waals surface area contributed by atoms with Crippen molar-refractivity contribution in [2.75, 3.05) is 16.9 Å². The first-order valence-corrected chi connectivity index (χ1v) is 7.25. The molecule has 10 heteroatoms. The van der Waals surface area contributed by atoms with Gasteiger partial charge in [-0.1, -0.05) is 11.6 Å². The van der Waals surface area contributed by atoms with Crippen LogP contribution in [0.5, 0.6) is 0 Å². The van der Waals surface area contributed by atoms with Crippen LogP contribution in [0.15, 0.2) is 18.2 Å². The second-order valence-electron chi connectivity index (χ2n) is 4.18. The number of nitrogens with zero attached hydrogens (tertiary/aromatic N) is 2. The summed E-state index contributed by atoms with van der Waals surface area (Å²) >= 11 is 7.00. The molecule has 0 saturated carbocycles. The Labute approximate surface area is 128 Å². The number of carboxylic acid groups (broad SMARTS) is 1. The number of hydrogen-bond acceptors (Lipinski definition) is 5. The quantitative estimate of drug-likeness (QED) is 0.648. The molecule has 1 atom stereocenters. The summed E-state index contributed by atoms with van der Waals surface area (Å²) in [4.78, 5) is 34.3. The summed E-state index contributed by atoms with van der Waals surface area (Å²) in [5.41, 5.74) is -0.155. The van der Waals surface area contributed by atoms with Gasteiger partial charge in [0.25, 0.3) is 5.69 Å². The van der Waals surface area contributed by atoms with Crippen molar-refractivity contribution in [3.05, 3.63) is 33.3 Å². The van der Waals surface area contributed by atoms with Crippen molar-refractivity contribution in [1.82, 2.24) is 4.90 Å². The molecular weight excluding hydrogens is 322 g/mol. The molecule has 1 heterocycles. The molecule has 112 valence electrons. The molecule has 1 fully saturated rings. The van der Waals surface area contributed by atoms with Crippen molar-refractivity contribution in [2.45, 2.75) is 6.04 Å². The van der Waals surface area contributed by atoms with E-state index in [1.165, 1.54) is 23.9 Å². The molecular formula is C11H10ClN3O5S. The molecule has 1 aromatic rings. The van der Waals surface area contributed by atoms with Gasteiger partial charge in [-0.05, 0) is 12.1 Å². The average molecular weight is 332 g/mol. The summed E-state index contributed by atoms with van der Waals surface area (Å²) in [6.45, 7) is 0. The van der Waals surface area contributed by atoms with Gasteiger partial charge >= 0.3 is 12.0 Å². The predicted octanol–water partition coefficient (Wildman–Crippen LogP) is 2.24. The standard InChI is InChI=1S/C11H10ClN3O5S/c12-7-2-1-6(3-8(7)15(19)20)13-11(18)14-5-21-4-9(14)10(16)17/h1-3,9H,4-5H2,(H,13,18)(H,16,17). The first-order valence-electron chi connectivity index (χ1n) is 5.72. The number of amides is 2. The Morgan fingerprint density at radius 1 is 1.52 bits per heavy atom. The fourth-order valence-electron chi connectivity index (χ4n) is 1.77. The second-order valence-corrected chi connectivity index (χ2v) is 5.58. The number of anilines is 1. The van der Waals surface area contributed by atoms with Crippen LogP contribution in [0.2, 0.25) is 5.02 Å². The highest BCUT2D eigenvalue weighted by molar-refractivity contribution is 7.99. The van der Waals surface area contributed by atoms with E-state index in [4.69, 9.17) is 16.7 Å². The lowest BCUT2D eigenvalue weighted by molar-refractivity contribution is -0.384. The molecule has 8 nitrogen and oxygen atoms in total. The third-order valence-electron chi connectivity index (χ3n) is 2.82. The molecule has 1 unspecified atom stereocenters. The van der Waals surface area contributed by atoms with E-state index in [1.807, 2.05) is 0 Å². The monoisotopic (exact) mass is 331 g/mol. The van der Waals surface area contributed by atoms with Crippen molar-refractivity contribution in [3.63, 3.8) is 0 Å². The number of aliphatic carboxylic acids is 1. The van der Waals surface area contributed by atoms with E-state index in [1.54, 1.807) is 0 Å². The molecule has 2 rings (SSSR count). The van der Waals surface area contributed by atoms with Crippen molar-refractivity contribution < 1.29 is 19.6 Å². The Morgan fingerprint density at radius 2 is 2.24 bits per heavy atom. The smallest absolute Gasteiger partial charge is 0.327 e. The summed E-state index contributed by atoms with van der Waals surface area (Å²) in [6, 6.07) is 2.30. The Kier molecular flexibility index (Phi) is 4.53. The molecule has 2 amide bonds. The Bertz CT molecular complexity index is 612. The number of nitro benzene ring substituents is 1. The van der Waals surface area contributed by atoms with Gasteiger partial charge in [0.1, 0.15) is 11.1 Å². The summed E-state index contributed by atoms with van der Waals surface area (Å²) < 4.78 is 0. The van der Waals surface area contributed by atoms with Gasteiger partial charge in [0.2, 0.25) is 0 Å². The number of thioether (sulfide) groups is 1. The molecule has 0 bridgehead atoms. The molecule has 1 aliphatic heterocycles. The van der Waals surface area contributed by atoms with Crippen LogP contribution in [0.4, 0.5) is 16.2 Å². The summed E-state index contributed by atoms with van der Waals surface area (Å²) in [5, 5.41) is 22.2. The third kappa shape index (κ3) is 3.37. The Morgan fingerprint density at radius 3 is 2.86 bits per heavy atom. The number of rotatable bonds is 3. The minimum atomic E-state index is -1.09. The zero-order valence-electron chi connectivity index (χ0n) is 10.5. The van der Waals surface area contributed by atoms with Crippen LogP contribution in [-0.4, -0.2) is 44.6 Å². The highest BCUT2D eigenvalue weighted by Gasteiger charge is 2.34. The largest absolute Gasteiger partial charge is 0.480 e. The minimum absolute atomic E-state index is 0.0434. The fraction of sp³-hybridized carbons (Fsp3) is 0.273. The van der Waals surface area contributed by atoms with Gasteiger partial charge in [0.15, 0.2) is 0 Å². The Hall–Kier alpha value is -2.00. The number of benzene rings is 1. The van der Waals surface area contributed by atoms with Gasteiger partial charge < -0.3 is 15.3 Å². The lowest BCUT2D eigenvalue weighted by Gasteiger charge is -2.20. The van der Waals surface area contributed by atoms with Crippen molar-refractivity contribution >= 4 is 46.7 Å². The van der Waals surface area contributed by atoms with Crippen LogP contribution < -0.4 is 5.32 Å². The number of carbonyl (C=O) groups excluding carboxylic acids is 1. The maximum Gasteiger partial charge on any atom is 0.327 e. The van der Waals surface area contributed by atoms with E-state index in [0.717, 1.165) is 11.0 Å². The maximum atomic E-state index is 12.0. The summed E-state index contributed by atoms with van der Waals surface area (Å²) in [7, 11) is 0. The van der Waals surface area contributed by atoms with Crippen LogP contribution >= 0.6 is 23.4 Å². The van der Waals surface area contributed by atoms with Crippen LogP contribution in [0.25, 0.3) is 0 Å². The van der Waals surface area contributed by atoms with E-state index >= 15 is 0 Å². The van der Waals surface area contributed by atoms with Crippen molar-refractivity contribution in [3.8, 4) is 0 Å². The molecule has 2 N–H and O–H groups in total. The van der Waals surface area contributed by atoms with E-state index in [9.17, 15) is 19.7 Å². The molecule has 1 aliphatic rings. The maximum absolute atomic E-state index is 12.0. The number of halogens is 1. The number of nitro groups is 1. The van der Waals surface area contributed by atoms with Crippen molar-refractivity contribution in [2.24, 2.45) is 0 Å². The molecule has 0 spiro atoms. The van der Waals surface area contributed by atoms with Gasteiger partial charge in [-0.2, -0.15) is 0 Å². The average Bonchev–Trinajstić information content (AvgIpc) is 2.90. The number of carbonyl (C=O) groups is 2. The molecule has 1 aromatic carbocycles. The number of carboxylic acids is 1. The van der Waals surface area contributed by atoms with Gasteiger partial charge in [-0.3, -0.25) is 10.1 Å². The normalized spacial score (nSPS) is 17.6. The molecule has 21 heavy (non-hydrogen) atoms. The number of nitrogens with one attached hydrogen (secondary N) is 1. The molecule has 0 aliphatic carbocycles. The first-order chi connectivity index (χ1) is 9.90. The van der Waals surface area contributed by atoms with Gasteiger partial charge in [0.05, 0.1) is 10.8 Å². The van der Waals surface area contributed by atoms with Crippen LogP contribution in [-0.2, 0) is 4.79 Å². The molecule has 0 radical (unpaired) electrons. The number of urea groups is 1. The third-order valence-corrected chi connectivity index (χ3v) is 4.15. The minimum Gasteiger partial charge on any atom is -0.480 e. The lowest BCUT2D eigenvalue weighted by atomic mass is 10.2. The van der Waals surface area contributed by atoms with E-state index in [-0.39, 0.29) is 22.3 Å². The van der Waals surface area contributed by atoms with Gasteiger partial charge in [0, 0.05) is 17.5 Å². The number of hydrogen-bond donors (Lipinski definition) is 2. The SMILES string of the molecule is O=C(O)C1CSCN1C(=O)Nc1ccc(Cl)c([N+](=O)[O-])c1. The lowest BCUT2D eigenvalue weighted by Crippen LogP contribution is -2.43. The van der Waals surface area contributed by atoms with Crippen LogP contribution in [0.1, 0.15) is 0 Å². The molecule has 0 aromatic heterocycles. The Balaban J connectivity index is 2.14. The second kappa shape index (κ2) is 6.19. The first kappa shape index (κ1) is 15.4. The summed E-state index contributed by atoms with van der Waals surface area (Å²) in [6.07, 6.45) is 0. The van der Waals surface area contributed by atoms with Crippen LogP contribution in [0.3, 0.4) is 0 Å².